The van der Waals surface area contributed by atoms with Crippen molar-refractivity contribution < 1.29 is 14.5 Å². The molecule has 0 saturated heterocycles. The molecule has 1 aromatic carbocycles. The van der Waals surface area contributed by atoms with Crippen LogP contribution >= 0.6 is 0 Å². The van der Waals surface area contributed by atoms with Gasteiger partial charge in [-0.15, -0.1) is 0 Å². The molecule has 1 saturated carbocycles. The van der Waals surface area contributed by atoms with Crippen molar-refractivity contribution in [3.05, 3.63) is 34.4 Å². The van der Waals surface area contributed by atoms with Gasteiger partial charge in [-0.1, -0.05) is 19.8 Å². The Balaban J connectivity index is 1.89. The Bertz CT molecular complexity index is 529. The van der Waals surface area contributed by atoms with E-state index in [9.17, 15) is 14.9 Å². The van der Waals surface area contributed by atoms with Crippen molar-refractivity contribution >= 4 is 11.6 Å². The van der Waals surface area contributed by atoms with Gasteiger partial charge >= 0.3 is 0 Å². The Morgan fingerprint density at radius 3 is 2.55 bits per heavy atom. The lowest BCUT2D eigenvalue weighted by atomic mass is 9.86. The van der Waals surface area contributed by atoms with Crippen molar-refractivity contribution in [1.29, 1.82) is 0 Å². The highest BCUT2D eigenvalue weighted by atomic mass is 16.6. The van der Waals surface area contributed by atoms with Crippen LogP contribution in [-0.4, -0.2) is 23.0 Å². The Hall–Kier alpha value is -2.11. The summed E-state index contributed by atoms with van der Waals surface area (Å²) in [4.78, 5) is 22.3. The largest absolute Gasteiger partial charge is 0.481 e. The fourth-order valence-corrected chi connectivity index (χ4v) is 2.73. The standard InChI is InChI=1S/C16H22N2O4/c1-11-5-3-4-6-15(11)17-16(19)12(2)22-14-9-7-13(8-10-14)18(20)21/h7-12,15H,3-6H2,1-2H3,(H,17,19)/t11-,12-,15+/m1/s1. The summed E-state index contributed by atoms with van der Waals surface area (Å²) in [5.41, 5.74) is 0.000449. The molecular weight excluding hydrogens is 284 g/mol. The molecule has 0 bridgehead atoms. The summed E-state index contributed by atoms with van der Waals surface area (Å²) in [6, 6.07) is 5.95. The highest BCUT2D eigenvalue weighted by molar-refractivity contribution is 5.81. The van der Waals surface area contributed by atoms with E-state index in [2.05, 4.69) is 12.2 Å². The van der Waals surface area contributed by atoms with Crippen LogP contribution in [0.3, 0.4) is 0 Å². The first-order chi connectivity index (χ1) is 10.5. The van der Waals surface area contributed by atoms with Crippen LogP contribution in [0.25, 0.3) is 0 Å². The molecule has 1 aliphatic rings. The minimum atomic E-state index is -0.629. The maximum Gasteiger partial charge on any atom is 0.269 e. The Morgan fingerprint density at radius 2 is 1.95 bits per heavy atom. The monoisotopic (exact) mass is 306 g/mol. The number of hydrogen-bond donors (Lipinski definition) is 1. The zero-order chi connectivity index (χ0) is 16.1. The van der Waals surface area contributed by atoms with Crippen LogP contribution in [0.4, 0.5) is 5.69 Å². The number of nitrogens with one attached hydrogen (secondary N) is 1. The molecule has 0 aromatic heterocycles. The first-order valence-corrected chi connectivity index (χ1v) is 7.69. The van der Waals surface area contributed by atoms with Gasteiger partial charge in [0.25, 0.3) is 11.6 Å². The Labute approximate surface area is 130 Å². The third-order valence-electron chi connectivity index (χ3n) is 4.17. The smallest absolute Gasteiger partial charge is 0.269 e. The molecule has 0 heterocycles. The molecular formula is C16H22N2O4. The van der Waals surface area contributed by atoms with Gasteiger partial charge in [0.15, 0.2) is 6.10 Å². The molecule has 1 aromatic rings. The zero-order valence-electron chi connectivity index (χ0n) is 13.0. The molecule has 1 N–H and O–H groups in total. The van der Waals surface area contributed by atoms with E-state index < -0.39 is 11.0 Å². The summed E-state index contributed by atoms with van der Waals surface area (Å²) < 4.78 is 5.55. The minimum absolute atomic E-state index is 0.000449. The minimum Gasteiger partial charge on any atom is -0.481 e. The fourth-order valence-electron chi connectivity index (χ4n) is 2.73. The van der Waals surface area contributed by atoms with E-state index in [4.69, 9.17) is 4.74 Å². The number of benzene rings is 1. The van der Waals surface area contributed by atoms with E-state index in [1.54, 1.807) is 6.92 Å². The molecule has 6 heteroatoms. The van der Waals surface area contributed by atoms with Crippen LogP contribution in [-0.2, 0) is 4.79 Å². The third-order valence-corrected chi connectivity index (χ3v) is 4.17. The topological polar surface area (TPSA) is 81.5 Å². The van der Waals surface area contributed by atoms with Crippen LogP contribution in [0.1, 0.15) is 39.5 Å². The zero-order valence-corrected chi connectivity index (χ0v) is 13.0. The van der Waals surface area contributed by atoms with Crippen LogP contribution in [0.15, 0.2) is 24.3 Å². The highest BCUT2D eigenvalue weighted by Crippen LogP contribution is 2.24. The van der Waals surface area contributed by atoms with E-state index >= 15 is 0 Å². The van der Waals surface area contributed by atoms with Crippen LogP contribution in [0.5, 0.6) is 5.75 Å². The maximum absolute atomic E-state index is 12.2. The van der Waals surface area contributed by atoms with E-state index in [-0.39, 0.29) is 17.6 Å². The predicted octanol–water partition coefficient (Wildman–Crippen LogP) is 3.06. The van der Waals surface area contributed by atoms with Crippen molar-refractivity contribution in [3.8, 4) is 5.75 Å². The van der Waals surface area contributed by atoms with Crippen molar-refractivity contribution in [2.24, 2.45) is 5.92 Å². The summed E-state index contributed by atoms with van der Waals surface area (Å²) in [6.45, 7) is 3.84. The molecule has 0 aliphatic heterocycles. The fraction of sp³-hybridized carbons (Fsp3) is 0.562. The second-order valence-corrected chi connectivity index (χ2v) is 5.89. The van der Waals surface area contributed by atoms with Crippen molar-refractivity contribution in [1.82, 2.24) is 5.32 Å². The average molecular weight is 306 g/mol. The van der Waals surface area contributed by atoms with Crippen LogP contribution < -0.4 is 10.1 Å². The van der Waals surface area contributed by atoms with Gasteiger partial charge < -0.3 is 10.1 Å². The van der Waals surface area contributed by atoms with Crippen molar-refractivity contribution in [2.45, 2.75) is 51.7 Å². The molecule has 1 aliphatic carbocycles. The van der Waals surface area contributed by atoms with Gasteiger partial charge in [-0.3, -0.25) is 14.9 Å². The number of rotatable bonds is 5. The lowest BCUT2D eigenvalue weighted by Gasteiger charge is -2.30. The summed E-state index contributed by atoms with van der Waals surface area (Å²) in [5.74, 6) is 0.798. The Kier molecular flexibility index (Phi) is 5.35. The van der Waals surface area contributed by atoms with Gasteiger partial charge in [0.05, 0.1) is 4.92 Å². The van der Waals surface area contributed by atoms with Crippen molar-refractivity contribution in [3.63, 3.8) is 0 Å². The number of carbonyl (C=O) groups excluding carboxylic acids is 1. The molecule has 3 atom stereocenters. The number of ether oxygens (including phenoxy) is 1. The first kappa shape index (κ1) is 16.3. The van der Waals surface area contributed by atoms with E-state index in [1.807, 2.05) is 0 Å². The molecule has 2 rings (SSSR count). The van der Waals surface area contributed by atoms with E-state index in [1.165, 1.54) is 30.7 Å². The summed E-state index contributed by atoms with van der Waals surface area (Å²) in [5, 5.41) is 13.6. The van der Waals surface area contributed by atoms with Gasteiger partial charge in [0, 0.05) is 18.2 Å². The third kappa shape index (κ3) is 4.19. The molecule has 120 valence electrons. The number of amides is 1. The maximum atomic E-state index is 12.2. The lowest BCUT2D eigenvalue weighted by Crippen LogP contribution is -2.46. The average Bonchev–Trinajstić information content (AvgIpc) is 2.50. The van der Waals surface area contributed by atoms with E-state index in [0.29, 0.717) is 11.7 Å². The number of non-ortho nitro benzene ring substituents is 1. The number of nitro benzene ring substituents is 1. The number of nitro groups is 1. The molecule has 0 unspecified atom stereocenters. The lowest BCUT2D eigenvalue weighted by molar-refractivity contribution is -0.384. The Morgan fingerprint density at radius 1 is 1.32 bits per heavy atom. The molecule has 1 fully saturated rings. The van der Waals surface area contributed by atoms with Gasteiger partial charge in [-0.2, -0.15) is 0 Å². The summed E-state index contributed by atoms with van der Waals surface area (Å²) >= 11 is 0. The molecule has 1 amide bonds. The second kappa shape index (κ2) is 7.24. The van der Waals surface area contributed by atoms with E-state index in [0.717, 1.165) is 19.3 Å². The summed E-state index contributed by atoms with van der Waals surface area (Å²) in [7, 11) is 0. The molecule has 0 spiro atoms. The number of hydrogen-bond acceptors (Lipinski definition) is 4. The normalized spacial score (nSPS) is 22.6. The quantitative estimate of drug-likeness (QED) is 0.669. The van der Waals surface area contributed by atoms with Gasteiger partial charge in [-0.25, -0.2) is 0 Å². The molecule has 22 heavy (non-hydrogen) atoms. The SMILES string of the molecule is C[C@@H]1CCCC[C@@H]1NC(=O)[C@@H](C)Oc1ccc([N+](=O)[O-])cc1. The molecule has 6 nitrogen and oxygen atoms in total. The van der Waals surface area contributed by atoms with Gasteiger partial charge in [-0.05, 0) is 37.8 Å². The number of carbonyl (C=O) groups is 1. The summed E-state index contributed by atoms with van der Waals surface area (Å²) in [6.07, 6.45) is 3.89. The van der Waals surface area contributed by atoms with Gasteiger partial charge in [0.2, 0.25) is 0 Å². The van der Waals surface area contributed by atoms with Crippen LogP contribution in [0.2, 0.25) is 0 Å². The first-order valence-electron chi connectivity index (χ1n) is 7.69. The van der Waals surface area contributed by atoms with Crippen LogP contribution in [0, 0.1) is 16.0 Å². The second-order valence-electron chi connectivity index (χ2n) is 5.89. The highest BCUT2D eigenvalue weighted by Gasteiger charge is 2.25. The number of nitrogens with zero attached hydrogens (tertiary/aromatic N) is 1. The van der Waals surface area contributed by atoms with Gasteiger partial charge in [0.1, 0.15) is 5.75 Å². The van der Waals surface area contributed by atoms with Crippen molar-refractivity contribution in [2.75, 3.05) is 0 Å². The predicted molar refractivity (Wildman–Crippen MR) is 82.7 cm³/mol. The molecule has 0 radical (unpaired) electrons.